The predicted molar refractivity (Wildman–Crippen MR) is 82.4 cm³/mol. The highest BCUT2D eigenvalue weighted by molar-refractivity contribution is 5.88. The van der Waals surface area contributed by atoms with Gasteiger partial charge in [-0.05, 0) is 36.2 Å². The summed E-state index contributed by atoms with van der Waals surface area (Å²) in [6.07, 6.45) is 3.97. The quantitative estimate of drug-likeness (QED) is 0.908. The number of anilines is 1. The van der Waals surface area contributed by atoms with Gasteiger partial charge in [-0.1, -0.05) is 6.07 Å². The number of aromatic nitrogens is 1. The largest absolute Gasteiger partial charge is 0.486 e. The smallest absolute Gasteiger partial charge is 0.319 e. The number of carbonyl (C=O) groups is 1. The lowest BCUT2D eigenvalue weighted by Crippen LogP contribution is -2.30. The Hall–Kier alpha value is -2.76. The van der Waals surface area contributed by atoms with Crippen LogP contribution in [0.4, 0.5) is 10.5 Å². The number of hydrogen-bond donors (Lipinski definition) is 2. The normalized spacial score (nSPS) is 12.5. The SMILES string of the molecule is O=C(NCCc1ccc2c(c1)OCCO2)Nc1cccnc1. The molecule has 2 heterocycles. The molecule has 22 heavy (non-hydrogen) atoms. The average Bonchev–Trinajstić information content (AvgIpc) is 2.55. The molecule has 6 nitrogen and oxygen atoms in total. The van der Waals surface area contributed by atoms with Crippen LogP contribution in [0.3, 0.4) is 0 Å². The molecule has 0 atom stereocenters. The molecule has 1 aliphatic rings. The molecule has 0 radical (unpaired) electrons. The number of carbonyl (C=O) groups excluding carboxylic acids is 1. The molecule has 6 heteroatoms. The molecular weight excluding hydrogens is 282 g/mol. The minimum atomic E-state index is -0.245. The molecule has 1 aromatic carbocycles. The van der Waals surface area contributed by atoms with Gasteiger partial charge in [-0.25, -0.2) is 4.79 Å². The van der Waals surface area contributed by atoms with Crippen LogP contribution >= 0.6 is 0 Å². The second-order valence-corrected chi connectivity index (χ2v) is 4.85. The average molecular weight is 299 g/mol. The molecule has 2 N–H and O–H groups in total. The zero-order valence-corrected chi connectivity index (χ0v) is 12.0. The first kappa shape index (κ1) is 14.2. The zero-order chi connectivity index (χ0) is 15.2. The van der Waals surface area contributed by atoms with Gasteiger partial charge in [0.25, 0.3) is 0 Å². The molecule has 0 bridgehead atoms. The van der Waals surface area contributed by atoms with Crippen molar-refractivity contribution < 1.29 is 14.3 Å². The van der Waals surface area contributed by atoms with Gasteiger partial charge < -0.3 is 20.1 Å². The number of ether oxygens (including phenoxy) is 2. The first-order valence-corrected chi connectivity index (χ1v) is 7.15. The minimum Gasteiger partial charge on any atom is -0.486 e. The lowest BCUT2D eigenvalue weighted by molar-refractivity contribution is 0.171. The number of fused-ring (bicyclic) bond motifs is 1. The van der Waals surface area contributed by atoms with Gasteiger partial charge in [0.1, 0.15) is 13.2 Å². The maximum atomic E-state index is 11.7. The molecule has 0 saturated carbocycles. The molecule has 0 unspecified atom stereocenters. The van der Waals surface area contributed by atoms with Crippen LogP contribution < -0.4 is 20.1 Å². The molecule has 2 aromatic rings. The van der Waals surface area contributed by atoms with Gasteiger partial charge in [-0.15, -0.1) is 0 Å². The number of nitrogens with zero attached hydrogens (tertiary/aromatic N) is 1. The van der Waals surface area contributed by atoms with Crippen LogP contribution in [0.5, 0.6) is 11.5 Å². The van der Waals surface area contributed by atoms with E-state index in [-0.39, 0.29) is 6.03 Å². The molecular formula is C16H17N3O3. The summed E-state index contributed by atoms with van der Waals surface area (Å²) in [7, 11) is 0. The van der Waals surface area contributed by atoms with E-state index >= 15 is 0 Å². The highest BCUT2D eigenvalue weighted by atomic mass is 16.6. The summed E-state index contributed by atoms with van der Waals surface area (Å²) in [4.78, 5) is 15.7. The number of rotatable bonds is 4. The van der Waals surface area contributed by atoms with Gasteiger partial charge in [0.2, 0.25) is 0 Å². The molecule has 1 aromatic heterocycles. The highest BCUT2D eigenvalue weighted by Gasteiger charge is 2.11. The van der Waals surface area contributed by atoms with Gasteiger partial charge in [-0.3, -0.25) is 4.98 Å². The molecule has 114 valence electrons. The van der Waals surface area contributed by atoms with Crippen molar-refractivity contribution in [3.05, 3.63) is 48.3 Å². The van der Waals surface area contributed by atoms with Gasteiger partial charge >= 0.3 is 6.03 Å². The van der Waals surface area contributed by atoms with E-state index in [9.17, 15) is 4.79 Å². The highest BCUT2D eigenvalue weighted by Crippen LogP contribution is 2.30. The standard InChI is InChI=1S/C16H17N3O3/c20-16(19-13-2-1-6-17-11-13)18-7-5-12-3-4-14-15(10-12)22-9-8-21-14/h1-4,6,10-11H,5,7-9H2,(H2,18,19,20). The Morgan fingerprint density at radius 2 is 2.05 bits per heavy atom. The van der Waals surface area contributed by atoms with E-state index in [0.717, 1.165) is 23.5 Å². The third kappa shape index (κ3) is 3.66. The first-order valence-electron chi connectivity index (χ1n) is 7.15. The monoisotopic (exact) mass is 299 g/mol. The van der Waals surface area contributed by atoms with Crippen molar-refractivity contribution >= 4 is 11.7 Å². The summed E-state index contributed by atoms with van der Waals surface area (Å²) in [6, 6.07) is 9.15. The summed E-state index contributed by atoms with van der Waals surface area (Å²) in [5, 5.41) is 5.53. The number of hydrogen-bond acceptors (Lipinski definition) is 4. The van der Waals surface area contributed by atoms with E-state index in [0.29, 0.717) is 25.4 Å². The second kappa shape index (κ2) is 6.80. The Morgan fingerprint density at radius 3 is 2.86 bits per heavy atom. The second-order valence-electron chi connectivity index (χ2n) is 4.85. The van der Waals surface area contributed by atoms with E-state index in [1.54, 1.807) is 24.5 Å². The first-order chi connectivity index (χ1) is 10.8. The molecule has 2 amide bonds. The number of pyridine rings is 1. The van der Waals surface area contributed by atoms with Gasteiger partial charge in [-0.2, -0.15) is 0 Å². The summed E-state index contributed by atoms with van der Waals surface area (Å²) >= 11 is 0. The predicted octanol–water partition coefficient (Wildman–Crippen LogP) is 2.22. The Balaban J connectivity index is 1.47. The van der Waals surface area contributed by atoms with E-state index < -0.39 is 0 Å². The Bertz CT molecular complexity index is 646. The van der Waals surface area contributed by atoms with E-state index in [2.05, 4.69) is 15.6 Å². The topological polar surface area (TPSA) is 72.5 Å². The van der Waals surface area contributed by atoms with Crippen LogP contribution in [-0.2, 0) is 6.42 Å². The molecule has 0 fully saturated rings. The van der Waals surface area contributed by atoms with E-state index in [1.165, 1.54) is 0 Å². The Kier molecular flexibility index (Phi) is 4.38. The van der Waals surface area contributed by atoms with Crippen molar-refractivity contribution in [3.8, 4) is 11.5 Å². The van der Waals surface area contributed by atoms with Crippen LogP contribution in [0.15, 0.2) is 42.7 Å². The minimum absolute atomic E-state index is 0.245. The van der Waals surface area contributed by atoms with Gasteiger partial charge in [0.05, 0.1) is 11.9 Å². The molecule has 0 aliphatic carbocycles. The van der Waals surface area contributed by atoms with Crippen molar-refractivity contribution in [2.24, 2.45) is 0 Å². The number of urea groups is 1. The van der Waals surface area contributed by atoms with Crippen molar-refractivity contribution in [1.29, 1.82) is 0 Å². The third-order valence-electron chi connectivity index (χ3n) is 3.23. The van der Waals surface area contributed by atoms with E-state index in [1.807, 2.05) is 18.2 Å². The number of nitrogens with one attached hydrogen (secondary N) is 2. The fourth-order valence-corrected chi connectivity index (χ4v) is 2.18. The van der Waals surface area contributed by atoms with Gasteiger partial charge in [0.15, 0.2) is 11.5 Å². The van der Waals surface area contributed by atoms with Crippen LogP contribution in [-0.4, -0.2) is 30.8 Å². The van der Waals surface area contributed by atoms with Crippen molar-refractivity contribution in [2.75, 3.05) is 25.1 Å². The molecule has 1 aliphatic heterocycles. The van der Waals surface area contributed by atoms with Crippen LogP contribution in [0.1, 0.15) is 5.56 Å². The maximum Gasteiger partial charge on any atom is 0.319 e. The lowest BCUT2D eigenvalue weighted by atomic mass is 10.1. The lowest BCUT2D eigenvalue weighted by Gasteiger charge is -2.18. The molecule has 0 saturated heterocycles. The fraction of sp³-hybridized carbons (Fsp3) is 0.250. The summed E-state index contributed by atoms with van der Waals surface area (Å²) in [6.45, 7) is 1.69. The summed E-state index contributed by atoms with van der Waals surface area (Å²) in [5.41, 5.74) is 1.75. The van der Waals surface area contributed by atoms with E-state index in [4.69, 9.17) is 9.47 Å². The van der Waals surface area contributed by atoms with Crippen molar-refractivity contribution in [2.45, 2.75) is 6.42 Å². The fourth-order valence-electron chi connectivity index (χ4n) is 2.18. The Morgan fingerprint density at radius 1 is 1.18 bits per heavy atom. The summed E-state index contributed by atoms with van der Waals surface area (Å²) in [5.74, 6) is 1.54. The Labute approximate surface area is 128 Å². The number of amides is 2. The van der Waals surface area contributed by atoms with Crippen LogP contribution in [0.25, 0.3) is 0 Å². The molecule has 0 spiro atoms. The maximum absolute atomic E-state index is 11.7. The van der Waals surface area contributed by atoms with Crippen LogP contribution in [0, 0.1) is 0 Å². The van der Waals surface area contributed by atoms with Crippen LogP contribution in [0.2, 0.25) is 0 Å². The van der Waals surface area contributed by atoms with Crippen molar-refractivity contribution in [3.63, 3.8) is 0 Å². The summed E-state index contributed by atoms with van der Waals surface area (Å²) < 4.78 is 11.0. The van der Waals surface area contributed by atoms with Gasteiger partial charge in [0, 0.05) is 12.7 Å². The zero-order valence-electron chi connectivity index (χ0n) is 12.0. The third-order valence-corrected chi connectivity index (χ3v) is 3.23. The molecule has 3 rings (SSSR count). The van der Waals surface area contributed by atoms with Crippen molar-refractivity contribution in [1.82, 2.24) is 10.3 Å². The number of benzene rings is 1.